The van der Waals surface area contributed by atoms with Crippen LogP contribution in [0.5, 0.6) is 0 Å². The second-order valence-corrected chi connectivity index (χ2v) is 7.56. The van der Waals surface area contributed by atoms with Crippen molar-refractivity contribution in [3.8, 4) is 10.8 Å². The van der Waals surface area contributed by atoms with Crippen LogP contribution < -0.4 is 5.32 Å². The lowest BCUT2D eigenvalue weighted by Crippen LogP contribution is -2.26. The Labute approximate surface area is 169 Å². The molecule has 0 aliphatic heterocycles. The topological polar surface area (TPSA) is 106 Å². The number of hydrogen-bond donors (Lipinski definition) is 1. The molecule has 0 radical (unpaired) electrons. The van der Waals surface area contributed by atoms with Crippen molar-refractivity contribution in [3.63, 3.8) is 0 Å². The molecule has 10 heteroatoms. The van der Waals surface area contributed by atoms with Gasteiger partial charge >= 0.3 is 0 Å². The van der Waals surface area contributed by atoms with Gasteiger partial charge in [-0.3, -0.25) is 9.59 Å². The molecule has 0 bridgehead atoms. The van der Waals surface area contributed by atoms with Crippen LogP contribution in [0.15, 0.2) is 47.0 Å². The van der Waals surface area contributed by atoms with E-state index in [9.17, 15) is 9.59 Å². The Balaban J connectivity index is 1.38. The standard InChI is InChI=1S/C19H18N6O3S/c1-24(2)17(26)11-25-10-14(22-23-25)18(27)20-9-12-7-8-15(28-12)19-21-13-5-3-4-6-16(13)29-19/h3-8,10H,9,11H2,1-2H3,(H,20,27). The number of carbonyl (C=O) groups is 2. The maximum atomic E-state index is 12.3. The lowest BCUT2D eigenvalue weighted by molar-refractivity contribution is -0.129. The maximum absolute atomic E-state index is 12.3. The molecule has 0 aliphatic carbocycles. The SMILES string of the molecule is CN(C)C(=O)Cn1cc(C(=O)NCc2ccc(-c3nc4ccccc4s3)o2)nn1. The van der Waals surface area contributed by atoms with Gasteiger partial charge in [-0.2, -0.15) is 0 Å². The first-order valence-electron chi connectivity index (χ1n) is 8.83. The minimum Gasteiger partial charge on any atom is -0.457 e. The molecule has 148 valence electrons. The third-order valence-corrected chi connectivity index (χ3v) is 5.21. The fraction of sp³-hybridized carbons (Fsp3) is 0.211. The molecule has 0 spiro atoms. The van der Waals surface area contributed by atoms with Crippen molar-refractivity contribution in [1.82, 2.24) is 30.2 Å². The van der Waals surface area contributed by atoms with Gasteiger partial charge in [-0.1, -0.05) is 17.3 Å². The number of furan rings is 1. The highest BCUT2D eigenvalue weighted by atomic mass is 32.1. The zero-order chi connectivity index (χ0) is 20.4. The van der Waals surface area contributed by atoms with Gasteiger partial charge in [-0.05, 0) is 24.3 Å². The molecule has 0 atom stereocenters. The average Bonchev–Trinajstić information content (AvgIpc) is 3.44. The molecular weight excluding hydrogens is 392 g/mol. The van der Waals surface area contributed by atoms with Gasteiger partial charge in [0.15, 0.2) is 16.5 Å². The minimum absolute atomic E-state index is 0.0248. The summed E-state index contributed by atoms with van der Waals surface area (Å²) in [7, 11) is 3.30. The summed E-state index contributed by atoms with van der Waals surface area (Å²) >= 11 is 1.55. The Morgan fingerprint density at radius 1 is 1.21 bits per heavy atom. The number of nitrogens with one attached hydrogen (secondary N) is 1. The Kier molecular flexibility index (Phi) is 5.09. The van der Waals surface area contributed by atoms with E-state index in [-0.39, 0.29) is 24.7 Å². The molecule has 3 aromatic heterocycles. The summed E-state index contributed by atoms with van der Waals surface area (Å²) in [5.74, 6) is 0.720. The van der Waals surface area contributed by atoms with Crippen LogP contribution in [0.2, 0.25) is 0 Å². The molecule has 0 unspecified atom stereocenters. The maximum Gasteiger partial charge on any atom is 0.273 e. The Bertz CT molecular complexity index is 1140. The van der Waals surface area contributed by atoms with Crippen LogP contribution in [0, 0.1) is 0 Å². The molecular formula is C19H18N6O3S. The summed E-state index contributed by atoms with van der Waals surface area (Å²) in [6.45, 7) is 0.226. The lowest BCUT2D eigenvalue weighted by atomic mass is 10.3. The van der Waals surface area contributed by atoms with Crippen LogP contribution in [-0.2, 0) is 17.9 Å². The van der Waals surface area contributed by atoms with E-state index >= 15 is 0 Å². The highest BCUT2D eigenvalue weighted by Gasteiger charge is 2.15. The second-order valence-electron chi connectivity index (χ2n) is 6.52. The van der Waals surface area contributed by atoms with Gasteiger partial charge in [0.25, 0.3) is 5.91 Å². The monoisotopic (exact) mass is 410 g/mol. The summed E-state index contributed by atoms with van der Waals surface area (Å²) in [6.07, 6.45) is 1.44. The normalized spacial score (nSPS) is 11.0. The predicted octanol–water partition coefficient (Wildman–Crippen LogP) is 2.17. The number of likely N-dealkylation sites (N-methyl/N-ethyl adjacent to an activating group) is 1. The molecule has 0 aliphatic rings. The molecule has 9 nitrogen and oxygen atoms in total. The Hall–Kier alpha value is -3.53. The molecule has 3 heterocycles. The van der Waals surface area contributed by atoms with Gasteiger partial charge in [0.2, 0.25) is 5.91 Å². The number of benzene rings is 1. The number of thiazole rings is 1. The van der Waals surface area contributed by atoms with Gasteiger partial charge in [-0.25, -0.2) is 9.67 Å². The number of nitrogens with zero attached hydrogens (tertiary/aromatic N) is 5. The smallest absolute Gasteiger partial charge is 0.273 e. The van der Waals surface area contributed by atoms with Crippen molar-refractivity contribution in [1.29, 1.82) is 0 Å². The third-order valence-electron chi connectivity index (χ3n) is 4.16. The van der Waals surface area contributed by atoms with Crippen LogP contribution in [0.4, 0.5) is 0 Å². The summed E-state index contributed by atoms with van der Waals surface area (Å²) < 4.78 is 8.23. The Morgan fingerprint density at radius 2 is 2.03 bits per heavy atom. The summed E-state index contributed by atoms with van der Waals surface area (Å²) in [5.41, 5.74) is 1.06. The van der Waals surface area contributed by atoms with Crippen molar-refractivity contribution in [3.05, 3.63) is 54.0 Å². The molecule has 29 heavy (non-hydrogen) atoms. The largest absolute Gasteiger partial charge is 0.457 e. The zero-order valence-electron chi connectivity index (χ0n) is 15.8. The molecule has 0 saturated heterocycles. The second kappa shape index (κ2) is 7.84. The fourth-order valence-electron chi connectivity index (χ4n) is 2.58. The number of para-hydroxylation sites is 1. The van der Waals surface area contributed by atoms with Crippen LogP contribution in [0.3, 0.4) is 0 Å². The lowest BCUT2D eigenvalue weighted by Gasteiger charge is -2.08. The van der Waals surface area contributed by atoms with E-state index in [1.54, 1.807) is 31.5 Å². The van der Waals surface area contributed by atoms with Crippen LogP contribution >= 0.6 is 11.3 Å². The first kappa shape index (κ1) is 18.8. The number of fused-ring (bicyclic) bond motifs is 1. The van der Waals surface area contributed by atoms with E-state index < -0.39 is 5.91 Å². The van der Waals surface area contributed by atoms with Crippen molar-refractivity contribution in [2.45, 2.75) is 13.1 Å². The van der Waals surface area contributed by atoms with E-state index in [2.05, 4.69) is 20.6 Å². The first-order valence-corrected chi connectivity index (χ1v) is 9.64. The number of rotatable bonds is 6. The van der Waals surface area contributed by atoms with Gasteiger partial charge < -0.3 is 14.6 Å². The van der Waals surface area contributed by atoms with Crippen LogP contribution in [-0.4, -0.2) is 50.8 Å². The number of hydrogen-bond acceptors (Lipinski definition) is 7. The van der Waals surface area contributed by atoms with Crippen molar-refractivity contribution in [2.24, 2.45) is 0 Å². The fourth-order valence-corrected chi connectivity index (χ4v) is 3.51. The van der Waals surface area contributed by atoms with Crippen molar-refractivity contribution >= 4 is 33.4 Å². The third kappa shape index (κ3) is 4.16. The molecule has 1 aromatic carbocycles. The van der Waals surface area contributed by atoms with E-state index in [0.29, 0.717) is 11.5 Å². The van der Waals surface area contributed by atoms with Gasteiger partial charge in [-0.15, -0.1) is 16.4 Å². The van der Waals surface area contributed by atoms with Gasteiger partial charge in [0, 0.05) is 14.1 Å². The number of carbonyl (C=O) groups excluding carboxylic acids is 2. The molecule has 2 amide bonds. The number of aromatic nitrogens is 4. The molecule has 0 fully saturated rings. The van der Waals surface area contributed by atoms with Gasteiger partial charge in [0.1, 0.15) is 12.3 Å². The van der Waals surface area contributed by atoms with E-state index in [1.807, 2.05) is 30.3 Å². The average molecular weight is 410 g/mol. The molecule has 0 saturated carbocycles. The highest BCUT2D eigenvalue weighted by molar-refractivity contribution is 7.21. The minimum atomic E-state index is -0.397. The summed E-state index contributed by atoms with van der Waals surface area (Å²) in [4.78, 5) is 30.0. The van der Waals surface area contributed by atoms with E-state index in [1.165, 1.54) is 15.8 Å². The zero-order valence-corrected chi connectivity index (χ0v) is 16.6. The van der Waals surface area contributed by atoms with Crippen molar-refractivity contribution < 1.29 is 14.0 Å². The first-order chi connectivity index (χ1) is 14.0. The molecule has 1 N–H and O–H groups in total. The highest BCUT2D eigenvalue weighted by Crippen LogP contribution is 2.31. The molecule has 4 aromatic rings. The van der Waals surface area contributed by atoms with E-state index in [0.717, 1.165) is 15.2 Å². The predicted molar refractivity (Wildman–Crippen MR) is 107 cm³/mol. The number of amides is 2. The van der Waals surface area contributed by atoms with E-state index in [4.69, 9.17) is 4.42 Å². The molecule has 4 rings (SSSR count). The van der Waals surface area contributed by atoms with Crippen molar-refractivity contribution in [2.75, 3.05) is 14.1 Å². The van der Waals surface area contributed by atoms with Crippen LogP contribution in [0.25, 0.3) is 21.0 Å². The van der Waals surface area contributed by atoms with Crippen LogP contribution in [0.1, 0.15) is 16.2 Å². The summed E-state index contributed by atoms with van der Waals surface area (Å²) in [6, 6.07) is 11.5. The quantitative estimate of drug-likeness (QED) is 0.522. The van der Waals surface area contributed by atoms with Gasteiger partial charge in [0.05, 0.1) is 23.0 Å². The Morgan fingerprint density at radius 3 is 2.83 bits per heavy atom. The summed E-state index contributed by atoms with van der Waals surface area (Å²) in [5, 5.41) is 11.1.